The third-order valence-electron chi connectivity index (χ3n) is 3.51. The van der Waals surface area contributed by atoms with Gasteiger partial charge in [-0.2, -0.15) is 0 Å². The molecular weight excluding hydrogens is 276 g/mol. The number of aromatic nitrogens is 2. The number of nitrogens with one attached hydrogen (secondary N) is 1. The lowest BCUT2D eigenvalue weighted by atomic mass is 10.2. The number of carbonyl (C=O) groups excluding carboxylic acids is 1. The van der Waals surface area contributed by atoms with Gasteiger partial charge in [0.1, 0.15) is 0 Å². The molecule has 1 aliphatic carbocycles. The maximum absolute atomic E-state index is 11.9. The summed E-state index contributed by atoms with van der Waals surface area (Å²) < 4.78 is 5.34. The molecule has 1 aromatic heterocycles. The number of nitrogens with zero attached hydrogens (tertiary/aromatic N) is 3. The Hall–Kier alpha value is -1.96. The molecule has 1 heterocycles. The van der Waals surface area contributed by atoms with Crippen molar-refractivity contribution in [3.63, 3.8) is 0 Å². The van der Waals surface area contributed by atoms with Crippen molar-refractivity contribution in [2.24, 2.45) is 0 Å². The maximum Gasteiger partial charge on any atom is 0.322 e. The summed E-state index contributed by atoms with van der Waals surface area (Å²) in [5, 5.41) is 19.0. The Labute approximate surface area is 122 Å². The SMILES string of the molecule is CCC(C)N(CC(=O)O)CC(=O)Nc1nnc(C2CC2)o1. The highest BCUT2D eigenvalue weighted by molar-refractivity contribution is 5.90. The number of hydrogen-bond donors (Lipinski definition) is 2. The van der Waals surface area contributed by atoms with E-state index in [-0.39, 0.29) is 31.1 Å². The average molecular weight is 296 g/mol. The zero-order valence-corrected chi connectivity index (χ0v) is 12.2. The Morgan fingerprint density at radius 2 is 2.14 bits per heavy atom. The van der Waals surface area contributed by atoms with Crippen LogP contribution in [0.1, 0.15) is 44.9 Å². The van der Waals surface area contributed by atoms with Crippen LogP contribution in [-0.2, 0) is 9.59 Å². The molecule has 116 valence electrons. The van der Waals surface area contributed by atoms with E-state index in [1.54, 1.807) is 4.90 Å². The molecule has 1 aromatic rings. The quantitative estimate of drug-likeness (QED) is 0.738. The number of carboxylic acid groups (broad SMARTS) is 1. The third kappa shape index (κ3) is 4.52. The molecule has 1 atom stereocenters. The predicted molar refractivity (Wildman–Crippen MR) is 73.9 cm³/mol. The van der Waals surface area contributed by atoms with Crippen LogP contribution in [0, 0.1) is 0 Å². The lowest BCUT2D eigenvalue weighted by Gasteiger charge is -2.25. The Balaban J connectivity index is 1.89. The Kier molecular flexibility index (Phi) is 4.89. The highest BCUT2D eigenvalue weighted by Gasteiger charge is 2.29. The molecule has 2 N–H and O–H groups in total. The van der Waals surface area contributed by atoms with E-state index in [9.17, 15) is 9.59 Å². The highest BCUT2D eigenvalue weighted by Crippen LogP contribution is 2.39. The van der Waals surface area contributed by atoms with Crippen LogP contribution in [0.3, 0.4) is 0 Å². The van der Waals surface area contributed by atoms with Gasteiger partial charge in [0, 0.05) is 12.0 Å². The van der Waals surface area contributed by atoms with Crippen LogP contribution in [0.15, 0.2) is 4.42 Å². The molecule has 0 aromatic carbocycles. The number of anilines is 1. The van der Waals surface area contributed by atoms with Crippen LogP contribution >= 0.6 is 0 Å². The van der Waals surface area contributed by atoms with Gasteiger partial charge < -0.3 is 9.52 Å². The topological polar surface area (TPSA) is 109 Å². The van der Waals surface area contributed by atoms with Gasteiger partial charge in [0.25, 0.3) is 0 Å². The van der Waals surface area contributed by atoms with Crippen molar-refractivity contribution >= 4 is 17.9 Å². The largest absolute Gasteiger partial charge is 0.480 e. The zero-order chi connectivity index (χ0) is 15.4. The number of rotatable bonds is 8. The minimum absolute atomic E-state index is 0.00318. The molecule has 21 heavy (non-hydrogen) atoms. The fourth-order valence-electron chi connectivity index (χ4n) is 1.92. The first kappa shape index (κ1) is 15.4. The normalized spacial score (nSPS) is 16.0. The molecule has 8 heteroatoms. The summed E-state index contributed by atoms with van der Waals surface area (Å²) in [5.74, 6) is -0.444. The first-order chi connectivity index (χ1) is 9.99. The molecule has 0 saturated heterocycles. The van der Waals surface area contributed by atoms with Gasteiger partial charge in [0.05, 0.1) is 13.1 Å². The molecule has 1 amide bonds. The van der Waals surface area contributed by atoms with E-state index in [0.717, 1.165) is 19.3 Å². The van der Waals surface area contributed by atoms with Crippen LogP contribution < -0.4 is 5.32 Å². The predicted octanol–water partition coefficient (Wildman–Crippen LogP) is 1.07. The van der Waals surface area contributed by atoms with Crippen LogP contribution in [0.25, 0.3) is 0 Å². The summed E-state index contributed by atoms with van der Waals surface area (Å²) in [5.41, 5.74) is 0. The van der Waals surface area contributed by atoms with Gasteiger partial charge in [-0.05, 0) is 26.2 Å². The molecule has 0 aliphatic heterocycles. The number of aliphatic carboxylic acids is 1. The first-order valence-corrected chi connectivity index (χ1v) is 7.08. The van der Waals surface area contributed by atoms with Gasteiger partial charge in [-0.3, -0.25) is 19.8 Å². The van der Waals surface area contributed by atoms with Crippen molar-refractivity contribution in [3.8, 4) is 0 Å². The second-order valence-electron chi connectivity index (χ2n) is 5.32. The van der Waals surface area contributed by atoms with Crippen LogP contribution in [-0.4, -0.2) is 51.2 Å². The monoisotopic (exact) mass is 296 g/mol. The van der Waals surface area contributed by atoms with Crippen molar-refractivity contribution in [2.75, 3.05) is 18.4 Å². The summed E-state index contributed by atoms with van der Waals surface area (Å²) in [6, 6.07) is 0.0675. The van der Waals surface area contributed by atoms with Crippen molar-refractivity contribution in [2.45, 2.75) is 45.1 Å². The standard InChI is InChI=1S/C13H20N4O4/c1-3-8(2)17(7-11(19)20)6-10(18)14-13-16-15-12(21-13)9-4-5-9/h8-9H,3-7H2,1-2H3,(H,19,20)(H,14,16,18). The minimum atomic E-state index is -0.961. The molecule has 0 spiro atoms. The van der Waals surface area contributed by atoms with Gasteiger partial charge >= 0.3 is 12.0 Å². The molecule has 1 unspecified atom stereocenters. The third-order valence-corrected chi connectivity index (χ3v) is 3.51. The summed E-state index contributed by atoms with van der Waals surface area (Å²) in [6.45, 7) is 3.62. The van der Waals surface area contributed by atoms with Gasteiger partial charge in [-0.15, -0.1) is 5.10 Å². The smallest absolute Gasteiger partial charge is 0.322 e. The van der Waals surface area contributed by atoms with Gasteiger partial charge in [0.2, 0.25) is 11.8 Å². The summed E-state index contributed by atoms with van der Waals surface area (Å²) in [7, 11) is 0. The van der Waals surface area contributed by atoms with Crippen molar-refractivity contribution in [1.29, 1.82) is 0 Å². The Bertz CT molecular complexity index is 512. The maximum atomic E-state index is 11.9. The van der Waals surface area contributed by atoms with Crippen molar-refractivity contribution < 1.29 is 19.1 Å². The Morgan fingerprint density at radius 3 is 2.71 bits per heavy atom. The second-order valence-corrected chi connectivity index (χ2v) is 5.32. The lowest BCUT2D eigenvalue weighted by Crippen LogP contribution is -2.42. The fraction of sp³-hybridized carbons (Fsp3) is 0.692. The molecule has 8 nitrogen and oxygen atoms in total. The fourth-order valence-corrected chi connectivity index (χ4v) is 1.92. The zero-order valence-electron chi connectivity index (χ0n) is 12.2. The number of amides is 1. The van der Waals surface area contributed by atoms with E-state index < -0.39 is 5.97 Å². The highest BCUT2D eigenvalue weighted by atomic mass is 16.4. The van der Waals surface area contributed by atoms with Gasteiger partial charge in [-0.1, -0.05) is 12.0 Å². The van der Waals surface area contributed by atoms with E-state index in [4.69, 9.17) is 9.52 Å². The number of carboxylic acids is 1. The van der Waals surface area contributed by atoms with Crippen LogP contribution in [0.4, 0.5) is 6.01 Å². The van der Waals surface area contributed by atoms with E-state index >= 15 is 0 Å². The lowest BCUT2D eigenvalue weighted by molar-refractivity contribution is -0.139. The van der Waals surface area contributed by atoms with Crippen LogP contribution in [0.2, 0.25) is 0 Å². The number of carbonyl (C=O) groups is 2. The Morgan fingerprint density at radius 1 is 1.43 bits per heavy atom. The molecule has 1 saturated carbocycles. The summed E-state index contributed by atoms with van der Waals surface area (Å²) in [4.78, 5) is 24.4. The molecule has 0 radical (unpaired) electrons. The van der Waals surface area contributed by atoms with Crippen molar-refractivity contribution in [3.05, 3.63) is 5.89 Å². The van der Waals surface area contributed by atoms with E-state index in [1.165, 1.54) is 0 Å². The molecule has 1 fully saturated rings. The van der Waals surface area contributed by atoms with Crippen LogP contribution in [0.5, 0.6) is 0 Å². The van der Waals surface area contributed by atoms with Crippen molar-refractivity contribution in [1.82, 2.24) is 15.1 Å². The van der Waals surface area contributed by atoms with Gasteiger partial charge in [-0.25, -0.2) is 0 Å². The number of hydrogen-bond acceptors (Lipinski definition) is 6. The minimum Gasteiger partial charge on any atom is -0.480 e. The first-order valence-electron chi connectivity index (χ1n) is 7.08. The average Bonchev–Trinajstić information content (AvgIpc) is 3.17. The van der Waals surface area contributed by atoms with E-state index in [0.29, 0.717) is 11.8 Å². The summed E-state index contributed by atoms with van der Waals surface area (Å²) >= 11 is 0. The molecule has 1 aliphatic rings. The molecule has 0 bridgehead atoms. The molecule has 2 rings (SSSR count). The van der Waals surface area contributed by atoms with Gasteiger partial charge in [0.15, 0.2) is 0 Å². The second kappa shape index (κ2) is 6.66. The molecular formula is C13H20N4O4. The van der Waals surface area contributed by atoms with E-state index in [1.807, 2.05) is 13.8 Å². The van der Waals surface area contributed by atoms with E-state index in [2.05, 4.69) is 15.5 Å². The summed E-state index contributed by atoms with van der Waals surface area (Å²) in [6.07, 6.45) is 2.83.